The summed E-state index contributed by atoms with van der Waals surface area (Å²) in [5.74, 6) is 1.80. The Morgan fingerprint density at radius 3 is 1.69 bits per heavy atom. The number of rotatable bonds is 5. The third-order valence-corrected chi connectivity index (χ3v) is 11.3. The average molecular weight is 742 g/mol. The van der Waals surface area contributed by atoms with Gasteiger partial charge in [-0.2, -0.15) is 0 Å². The maximum Gasteiger partial charge on any atom is 0.164 e. The molecule has 0 fully saturated rings. The van der Waals surface area contributed by atoms with Crippen LogP contribution in [0.3, 0.4) is 0 Å². The molecule has 0 unspecified atom stereocenters. The molecule has 0 N–H and O–H groups in total. The SMILES string of the molecule is c1ccc(-c2cccc(-c3nc(-c4ccc(-c5ccc6c(ccc7cc8oc9ccccc9c8cc76)c5)cc4)nc(-c4cccc5oc6ccccc6c45)n3)c2)cc1. The summed E-state index contributed by atoms with van der Waals surface area (Å²) in [4.78, 5) is 15.4. The van der Waals surface area contributed by atoms with Crippen LogP contribution in [0.25, 0.3) is 122 Å². The lowest BCUT2D eigenvalue weighted by molar-refractivity contribution is 0.669. The number of hydrogen-bond acceptors (Lipinski definition) is 5. The molecule has 0 bridgehead atoms. The van der Waals surface area contributed by atoms with Gasteiger partial charge < -0.3 is 8.83 Å². The number of benzene rings is 9. The second kappa shape index (κ2) is 12.8. The van der Waals surface area contributed by atoms with Crippen molar-refractivity contribution in [1.29, 1.82) is 0 Å². The Hall–Kier alpha value is -7.89. The highest BCUT2D eigenvalue weighted by Gasteiger charge is 2.18. The van der Waals surface area contributed by atoms with Crippen molar-refractivity contribution in [3.63, 3.8) is 0 Å². The van der Waals surface area contributed by atoms with Crippen molar-refractivity contribution < 1.29 is 8.83 Å². The molecule has 5 heteroatoms. The zero-order valence-electron chi connectivity index (χ0n) is 31.1. The van der Waals surface area contributed by atoms with E-state index >= 15 is 0 Å². The van der Waals surface area contributed by atoms with Crippen LogP contribution in [0.1, 0.15) is 0 Å². The smallest absolute Gasteiger partial charge is 0.164 e. The van der Waals surface area contributed by atoms with E-state index < -0.39 is 0 Å². The van der Waals surface area contributed by atoms with Crippen LogP contribution in [0.15, 0.2) is 197 Å². The fourth-order valence-electron chi connectivity index (χ4n) is 8.46. The van der Waals surface area contributed by atoms with Crippen molar-refractivity contribution >= 4 is 65.4 Å². The van der Waals surface area contributed by atoms with Crippen LogP contribution in [0, 0.1) is 0 Å². The van der Waals surface area contributed by atoms with Gasteiger partial charge in [0, 0.05) is 38.2 Å². The highest BCUT2D eigenvalue weighted by Crippen LogP contribution is 2.39. The van der Waals surface area contributed by atoms with E-state index in [0.29, 0.717) is 17.5 Å². The van der Waals surface area contributed by atoms with Crippen molar-refractivity contribution in [1.82, 2.24) is 15.0 Å². The number of hydrogen-bond donors (Lipinski definition) is 0. The van der Waals surface area contributed by atoms with E-state index in [1.165, 1.54) is 16.2 Å². The van der Waals surface area contributed by atoms with Gasteiger partial charge in [0.15, 0.2) is 17.5 Å². The van der Waals surface area contributed by atoms with Gasteiger partial charge in [-0.15, -0.1) is 0 Å². The molecular weight excluding hydrogens is 711 g/mol. The first-order valence-electron chi connectivity index (χ1n) is 19.4. The number of nitrogens with zero attached hydrogens (tertiary/aromatic N) is 3. The highest BCUT2D eigenvalue weighted by molar-refractivity contribution is 6.17. The van der Waals surface area contributed by atoms with Crippen molar-refractivity contribution in [2.45, 2.75) is 0 Å². The van der Waals surface area contributed by atoms with Gasteiger partial charge in [0.05, 0.1) is 0 Å². The lowest BCUT2D eigenvalue weighted by atomic mass is 9.96. The minimum absolute atomic E-state index is 0.591. The molecule has 0 saturated heterocycles. The van der Waals surface area contributed by atoms with Gasteiger partial charge in [0.25, 0.3) is 0 Å². The molecule has 5 nitrogen and oxygen atoms in total. The Morgan fingerprint density at radius 2 is 0.845 bits per heavy atom. The lowest BCUT2D eigenvalue weighted by Gasteiger charge is -2.11. The van der Waals surface area contributed by atoms with Gasteiger partial charge in [0.1, 0.15) is 22.3 Å². The molecule has 0 aliphatic heterocycles. The minimum Gasteiger partial charge on any atom is -0.456 e. The third kappa shape index (κ3) is 5.29. The number of para-hydroxylation sites is 2. The van der Waals surface area contributed by atoms with Crippen LogP contribution in [0.5, 0.6) is 0 Å². The standard InChI is InChI=1S/C53H31N3O2/c1-2-10-32(11-3-1)35-12-8-13-39(29-35)52-54-51(55-53(56-52)43-16-9-19-48-50(43)42-15-5-7-18-47(42)57-48)34-22-20-33(21-23-34)36-26-27-40-37(28-36)24-25-38-30-49-45(31-44(38)40)41-14-4-6-17-46(41)58-49/h1-31H. The van der Waals surface area contributed by atoms with Crippen molar-refractivity contribution in [3.05, 3.63) is 188 Å². The molecule has 12 aromatic rings. The Morgan fingerprint density at radius 1 is 0.276 bits per heavy atom. The Balaban J connectivity index is 0.964. The van der Waals surface area contributed by atoms with Gasteiger partial charge in [-0.25, -0.2) is 15.0 Å². The van der Waals surface area contributed by atoms with E-state index in [1.54, 1.807) is 0 Å². The molecule has 0 atom stereocenters. The van der Waals surface area contributed by atoms with Crippen LogP contribution >= 0.6 is 0 Å². The first kappa shape index (κ1) is 32.4. The molecule has 9 aromatic carbocycles. The number of furan rings is 2. The summed E-state index contributed by atoms with van der Waals surface area (Å²) in [6.07, 6.45) is 0. The topological polar surface area (TPSA) is 65.0 Å². The van der Waals surface area contributed by atoms with E-state index in [4.69, 9.17) is 23.8 Å². The van der Waals surface area contributed by atoms with Gasteiger partial charge in [-0.05, 0) is 86.3 Å². The van der Waals surface area contributed by atoms with E-state index in [-0.39, 0.29) is 0 Å². The maximum atomic E-state index is 6.27. The molecule has 0 radical (unpaired) electrons. The summed E-state index contributed by atoms with van der Waals surface area (Å²) in [6, 6.07) is 65.3. The van der Waals surface area contributed by atoms with Crippen LogP contribution in [0.4, 0.5) is 0 Å². The van der Waals surface area contributed by atoms with Gasteiger partial charge >= 0.3 is 0 Å². The molecule has 0 amide bonds. The maximum absolute atomic E-state index is 6.27. The summed E-state index contributed by atoms with van der Waals surface area (Å²) in [5.41, 5.74) is 10.6. The zero-order valence-corrected chi connectivity index (χ0v) is 31.1. The molecule has 58 heavy (non-hydrogen) atoms. The van der Waals surface area contributed by atoms with Crippen LogP contribution < -0.4 is 0 Å². The average Bonchev–Trinajstić information content (AvgIpc) is 3.86. The molecule has 270 valence electrons. The van der Waals surface area contributed by atoms with Crippen molar-refractivity contribution in [2.24, 2.45) is 0 Å². The Labute approximate surface area is 332 Å². The summed E-state index contributed by atoms with van der Waals surface area (Å²) >= 11 is 0. The van der Waals surface area contributed by atoms with E-state index in [1.807, 2.05) is 48.5 Å². The normalized spacial score (nSPS) is 11.8. The minimum atomic E-state index is 0.591. The molecule has 12 rings (SSSR count). The molecule has 0 spiro atoms. The summed E-state index contributed by atoms with van der Waals surface area (Å²) in [5, 5.41) is 9.07. The molecule has 0 aliphatic carbocycles. The van der Waals surface area contributed by atoms with Crippen molar-refractivity contribution in [2.75, 3.05) is 0 Å². The fourth-order valence-corrected chi connectivity index (χ4v) is 8.46. The predicted molar refractivity (Wildman–Crippen MR) is 237 cm³/mol. The summed E-state index contributed by atoms with van der Waals surface area (Å²) in [7, 11) is 0. The number of fused-ring (bicyclic) bond motifs is 9. The fraction of sp³-hybridized carbons (Fsp3) is 0. The lowest BCUT2D eigenvalue weighted by Crippen LogP contribution is -2.00. The largest absolute Gasteiger partial charge is 0.456 e. The molecule has 3 aromatic heterocycles. The van der Waals surface area contributed by atoms with Crippen LogP contribution in [-0.2, 0) is 0 Å². The van der Waals surface area contributed by atoms with E-state index in [0.717, 1.165) is 88.2 Å². The second-order valence-electron chi connectivity index (χ2n) is 14.8. The quantitative estimate of drug-likeness (QED) is 0.164. The van der Waals surface area contributed by atoms with Crippen LogP contribution in [-0.4, -0.2) is 15.0 Å². The first-order chi connectivity index (χ1) is 28.7. The molecule has 0 saturated carbocycles. The van der Waals surface area contributed by atoms with E-state index in [2.05, 4.69) is 140 Å². The zero-order chi connectivity index (χ0) is 38.2. The van der Waals surface area contributed by atoms with Gasteiger partial charge in [-0.3, -0.25) is 0 Å². The first-order valence-corrected chi connectivity index (χ1v) is 19.4. The Kier molecular flexibility index (Phi) is 7.16. The number of aromatic nitrogens is 3. The molecule has 3 heterocycles. The predicted octanol–water partition coefficient (Wildman–Crippen LogP) is 14.3. The van der Waals surface area contributed by atoms with Gasteiger partial charge in [-0.1, -0.05) is 146 Å². The summed E-state index contributed by atoms with van der Waals surface area (Å²) < 4.78 is 12.4. The monoisotopic (exact) mass is 741 g/mol. The van der Waals surface area contributed by atoms with E-state index in [9.17, 15) is 0 Å². The third-order valence-electron chi connectivity index (χ3n) is 11.3. The van der Waals surface area contributed by atoms with Gasteiger partial charge in [0.2, 0.25) is 0 Å². The van der Waals surface area contributed by atoms with Crippen molar-refractivity contribution in [3.8, 4) is 56.4 Å². The highest BCUT2D eigenvalue weighted by atomic mass is 16.3. The second-order valence-corrected chi connectivity index (χ2v) is 14.8. The molecular formula is C53H31N3O2. The summed E-state index contributed by atoms with van der Waals surface area (Å²) in [6.45, 7) is 0. The van der Waals surface area contributed by atoms with Crippen LogP contribution in [0.2, 0.25) is 0 Å². The molecule has 0 aliphatic rings. The Bertz CT molecular complexity index is 3570.